The molecule has 0 unspecified atom stereocenters. The first-order valence-corrected chi connectivity index (χ1v) is 9.55. The molecular formula is C21H29NO3S. The quantitative estimate of drug-likeness (QED) is 0.275. The summed E-state index contributed by atoms with van der Waals surface area (Å²) < 4.78 is 5.14. The number of amides is 1. The summed E-state index contributed by atoms with van der Waals surface area (Å²) in [5, 5.41) is 0. The molecule has 0 aliphatic heterocycles. The zero-order chi connectivity index (χ0) is 19.5. The summed E-state index contributed by atoms with van der Waals surface area (Å²) in [5.74, 6) is -0.484. The van der Waals surface area contributed by atoms with Gasteiger partial charge in [0.2, 0.25) is 0 Å². The van der Waals surface area contributed by atoms with Gasteiger partial charge in [-0.3, -0.25) is 9.59 Å². The van der Waals surface area contributed by atoms with Gasteiger partial charge in [0.15, 0.2) is 0 Å². The third kappa shape index (κ3) is 7.48. The minimum absolute atomic E-state index is 0.141. The smallest absolute Gasteiger partial charge is 0.307 e. The van der Waals surface area contributed by atoms with Crippen LogP contribution in [0.2, 0.25) is 0 Å². The number of benzene rings is 1. The molecule has 0 aliphatic rings. The van der Waals surface area contributed by atoms with Gasteiger partial charge in [-0.15, -0.1) is 0 Å². The van der Waals surface area contributed by atoms with Crippen molar-refractivity contribution >= 4 is 35.2 Å². The molecule has 0 aromatic heterocycles. The van der Waals surface area contributed by atoms with E-state index in [0.717, 1.165) is 24.8 Å². The lowest BCUT2D eigenvalue weighted by Gasteiger charge is -2.21. The van der Waals surface area contributed by atoms with E-state index in [2.05, 4.69) is 19.1 Å². The molecule has 0 saturated heterocycles. The molecule has 26 heavy (non-hydrogen) atoms. The van der Waals surface area contributed by atoms with E-state index < -0.39 is 0 Å². The Balaban J connectivity index is 2.72. The summed E-state index contributed by atoms with van der Waals surface area (Å²) in [6, 6.07) is 8.10. The molecule has 0 saturated carbocycles. The highest BCUT2D eigenvalue weighted by molar-refractivity contribution is 7.80. The van der Waals surface area contributed by atoms with Gasteiger partial charge < -0.3 is 9.64 Å². The summed E-state index contributed by atoms with van der Waals surface area (Å²) in [6.07, 6.45) is 4.78. The molecule has 1 amide bonds. The van der Waals surface area contributed by atoms with Crippen LogP contribution in [0.5, 0.6) is 0 Å². The maximum Gasteiger partial charge on any atom is 0.307 e. The van der Waals surface area contributed by atoms with E-state index in [0.29, 0.717) is 17.2 Å². The van der Waals surface area contributed by atoms with Crippen molar-refractivity contribution in [2.45, 2.75) is 53.4 Å². The topological polar surface area (TPSA) is 46.6 Å². The Bertz CT molecular complexity index is 650. The van der Waals surface area contributed by atoms with Crippen molar-refractivity contribution in [3.63, 3.8) is 0 Å². The Morgan fingerprint density at radius 3 is 2.35 bits per heavy atom. The van der Waals surface area contributed by atoms with Crippen molar-refractivity contribution in [1.82, 2.24) is 4.90 Å². The van der Waals surface area contributed by atoms with Gasteiger partial charge >= 0.3 is 5.97 Å². The van der Waals surface area contributed by atoms with Gasteiger partial charge in [0.25, 0.3) is 5.91 Å². The number of rotatable bonds is 9. The predicted molar refractivity (Wildman–Crippen MR) is 110 cm³/mol. The zero-order valence-corrected chi connectivity index (χ0v) is 17.0. The fourth-order valence-electron chi connectivity index (χ4n) is 2.38. The molecule has 1 rings (SSSR count). The lowest BCUT2D eigenvalue weighted by atomic mass is 10.1. The second kappa shape index (κ2) is 11.6. The van der Waals surface area contributed by atoms with E-state index in [9.17, 15) is 9.59 Å². The number of esters is 1. The van der Waals surface area contributed by atoms with Gasteiger partial charge in [-0.1, -0.05) is 56.8 Å². The Hall–Kier alpha value is -2.01. The number of hydrogen-bond acceptors (Lipinski definition) is 4. The number of ether oxygens (including phenoxy) is 1. The first kappa shape index (κ1) is 22.0. The molecule has 0 fully saturated rings. The largest absolute Gasteiger partial charge is 0.466 e. The number of hydrogen-bond donors (Lipinski definition) is 0. The molecule has 142 valence electrons. The average Bonchev–Trinajstić information content (AvgIpc) is 2.62. The highest BCUT2D eigenvalue weighted by Crippen LogP contribution is 2.12. The normalized spacial score (nSPS) is 11.2. The van der Waals surface area contributed by atoms with Crippen molar-refractivity contribution in [2.24, 2.45) is 0 Å². The number of thiocarbonyl (C=S) groups is 1. The summed E-state index contributed by atoms with van der Waals surface area (Å²) in [7, 11) is 0. The fraction of sp³-hybridized carbons (Fsp3) is 0.476. The minimum Gasteiger partial charge on any atom is -0.466 e. The van der Waals surface area contributed by atoms with Gasteiger partial charge in [0.1, 0.15) is 0 Å². The van der Waals surface area contributed by atoms with Crippen LogP contribution in [0, 0.1) is 0 Å². The first-order valence-electron chi connectivity index (χ1n) is 9.14. The van der Waals surface area contributed by atoms with Crippen LogP contribution in [0.3, 0.4) is 0 Å². The molecule has 0 N–H and O–H groups in total. The van der Waals surface area contributed by atoms with Crippen LogP contribution in [-0.4, -0.2) is 34.9 Å². The maximum absolute atomic E-state index is 12.7. The van der Waals surface area contributed by atoms with E-state index in [4.69, 9.17) is 17.0 Å². The van der Waals surface area contributed by atoms with Crippen molar-refractivity contribution in [3.8, 4) is 0 Å². The van der Waals surface area contributed by atoms with Crippen molar-refractivity contribution in [2.75, 3.05) is 13.2 Å². The molecular weight excluding hydrogens is 346 g/mol. The SMILES string of the molecule is CCCCOC(=O)CCN(C(=O)/C(C)=C/c1ccc(CC)cc1)C(C)=S. The molecule has 5 heteroatoms. The Labute approximate surface area is 162 Å². The molecule has 1 aromatic rings. The number of unbranched alkanes of at least 4 members (excludes halogenated alkanes) is 1. The molecule has 0 bridgehead atoms. The third-order valence-electron chi connectivity index (χ3n) is 4.03. The zero-order valence-electron chi connectivity index (χ0n) is 16.2. The van der Waals surface area contributed by atoms with E-state index in [1.165, 1.54) is 10.5 Å². The van der Waals surface area contributed by atoms with Gasteiger partial charge in [-0.05, 0) is 43.9 Å². The Morgan fingerprint density at radius 1 is 1.15 bits per heavy atom. The van der Waals surface area contributed by atoms with Gasteiger partial charge in [0.05, 0.1) is 18.0 Å². The van der Waals surface area contributed by atoms with Crippen molar-refractivity contribution in [3.05, 3.63) is 41.0 Å². The lowest BCUT2D eigenvalue weighted by molar-refractivity contribution is -0.144. The average molecular weight is 376 g/mol. The van der Waals surface area contributed by atoms with E-state index in [1.54, 1.807) is 13.8 Å². The monoisotopic (exact) mass is 375 g/mol. The van der Waals surface area contributed by atoms with Gasteiger partial charge in [0, 0.05) is 12.1 Å². The van der Waals surface area contributed by atoms with Gasteiger partial charge in [-0.2, -0.15) is 0 Å². The third-order valence-corrected chi connectivity index (χ3v) is 4.25. The van der Waals surface area contributed by atoms with Crippen LogP contribution in [-0.2, 0) is 20.7 Å². The van der Waals surface area contributed by atoms with Crippen LogP contribution in [0.4, 0.5) is 0 Å². The van der Waals surface area contributed by atoms with E-state index >= 15 is 0 Å². The predicted octanol–water partition coefficient (Wildman–Crippen LogP) is 4.56. The number of carbonyl (C=O) groups excluding carboxylic acids is 2. The van der Waals surface area contributed by atoms with E-state index in [-0.39, 0.29) is 24.8 Å². The van der Waals surface area contributed by atoms with Crippen molar-refractivity contribution in [1.29, 1.82) is 0 Å². The standard InChI is InChI=1S/C21H29NO3S/c1-5-7-14-25-20(23)12-13-22(17(4)26)21(24)16(3)15-19-10-8-18(6-2)9-11-19/h8-11,15H,5-7,12-14H2,1-4H3/b16-15+. The maximum atomic E-state index is 12.7. The fourth-order valence-corrected chi connectivity index (χ4v) is 2.56. The molecule has 0 heterocycles. The Kier molecular flexibility index (Phi) is 9.81. The van der Waals surface area contributed by atoms with Crippen LogP contribution in [0.15, 0.2) is 29.8 Å². The lowest BCUT2D eigenvalue weighted by Crippen LogP contribution is -2.36. The highest BCUT2D eigenvalue weighted by Gasteiger charge is 2.18. The van der Waals surface area contributed by atoms with Crippen LogP contribution in [0.25, 0.3) is 6.08 Å². The summed E-state index contributed by atoms with van der Waals surface area (Å²) in [6.45, 7) is 8.26. The number of nitrogens with zero attached hydrogens (tertiary/aromatic N) is 1. The molecule has 0 spiro atoms. The summed E-state index contributed by atoms with van der Waals surface area (Å²) in [4.78, 5) is 26.4. The minimum atomic E-state index is -0.302. The highest BCUT2D eigenvalue weighted by atomic mass is 32.1. The van der Waals surface area contributed by atoms with Crippen LogP contribution >= 0.6 is 12.2 Å². The Morgan fingerprint density at radius 2 is 1.81 bits per heavy atom. The van der Waals surface area contributed by atoms with E-state index in [1.807, 2.05) is 25.1 Å². The molecule has 0 atom stereocenters. The molecule has 0 aliphatic carbocycles. The van der Waals surface area contributed by atoms with Crippen molar-refractivity contribution < 1.29 is 14.3 Å². The second-order valence-corrected chi connectivity index (χ2v) is 6.81. The number of aryl methyl sites for hydroxylation is 1. The summed E-state index contributed by atoms with van der Waals surface area (Å²) >= 11 is 5.19. The molecule has 0 radical (unpaired) electrons. The van der Waals surface area contributed by atoms with Crippen LogP contribution in [0.1, 0.15) is 58.1 Å². The number of carbonyl (C=O) groups is 2. The van der Waals surface area contributed by atoms with Crippen LogP contribution < -0.4 is 0 Å². The molecule has 1 aromatic carbocycles. The molecule has 4 nitrogen and oxygen atoms in total. The second-order valence-electron chi connectivity index (χ2n) is 6.22. The summed E-state index contributed by atoms with van der Waals surface area (Å²) in [5.41, 5.74) is 2.80. The van der Waals surface area contributed by atoms with Gasteiger partial charge in [-0.25, -0.2) is 0 Å². The first-order chi connectivity index (χ1) is 12.4.